The largest absolute Gasteiger partial charge is 0.369 e. The number of halogens is 1. The van der Waals surface area contributed by atoms with Gasteiger partial charge in [-0.3, -0.25) is 19.4 Å². The maximum Gasteiger partial charge on any atom is 0.242 e. The van der Waals surface area contributed by atoms with E-state index < -0.39 is 6.04 Å². The summed E-state index contributed by atoms with van der Waals surface area (Å²) < 4.78 is 1.81. The molecule has 0 spiro atoms. The molecule has 2 amide bonds. The van der Waals surface area contributed by atoms with Gasteiger partial charge in [0, 0.05) is 55.9 Å². The van der Waals surface area contributed by atoms with E-state index in [4.69, 9.17) is 11.6 Å². The van der Waals surface area contributed by atoms with Crippen LogP contribution in [0.3, 0.4) is 0 Å². The number of carbonyl (C=O) groups is 2. The van der Waals surface area contributed by atoms with Crippen LogP contribution >= 0.6 is 11.6 Å². The number of aromatic nitrogens is 2. The summed E-state index contributed by atoms with van der Waals surface area (Å²) in [5.74, 6) is 0.550. The highest BCUT2D eigenvalue weighted by Crippen LogP contribution is 2.26. The number of anilines is 2. The van der Waals surface area contributed by atoms with Crippen LogP contribution in [0.1, 0.15) is 31.0 Å². The van der Waals surface area contributed by atoms with Crippen molar-refractivity contribution in [3.63, 3.8) is 0 Å². The fourth-order valence-corrected chi connectivity index (χ4v) is 4.84. The van der Waals surface area contributed by atoms with E-state index in [9.17, 15) is 9.59 Å². The number of piperazine rings is 1. The molecule has 3 heterocycles. The van der Waals surface area contributed by atoms with Gasteiger partial charge in [-0.05, 0) is 51.4 Å². The molecule has 1 atom stereocenters. The predicted octanol–water partition coefficient (Wildman–Crippen LogP) is 2.61. The highest BCUT2D eigenvalue weighted by atomic mass is 35.5. The molecule has 2 aromatic rings. The number of nitrogens with one attached hydrogen (secondary N) is 1. The molecule has 4 rings (SSSR count). The van der Waals surface area contributed by atoms with Gasteiger partial charge in [0.15, 0.2) is 0 Å². The van der Waals surface area contributed by atoms with E-state index in [1.54, 1.807) is 11.8 Å². The Kier molecular flexibility index (Phi) is 7.24. The first-order valence-electron chi connectivity index (χ1n) is 11.7. The van der Waals surface area contributed by atoms with E-state index in [1.165, 1.54) is 11.3 Å². The van der Waals surface area contributed by atoms with E-state index in [0.717, 1.165) is 49.9 Å². The Balaban J connectivity index is 1.21. The van der Waals surface area contributed by atoms with Crippen molar-refractivity contribution >= 4 is 34.9 Å². The number of rotatable bonds is 7. The fraction of sp³-hybridized carbons (Fsp3) is 0.542. The zero-order valence-electron chi connectivity index (χ0n) is 19.7. The Morgan fingerprint density at radius 3 is 2.67 bits per heavy atom. The summed E-state index contributed by atoms with van der Waals surface area (Å²) in [6.07, 6.45) is 1.24. The van der Waals surface area contributed by atoms with E-state index in [-0.39, 0.29) is 11.8 Å². The standard InChI is InChI=1S/C24H33ClN6O2/c1-17-5-6-20(25)16-21(17)29-13-11-28(12-14-29)9-4-8-26-24(33)19(3)31-22-15-18(2)27-30(22)10-7-23(31)32/h5-6,15-16,19H,4,7-14H2,1-3H3,(H,26,33). The van der Waals surface area contributed by atoms with Crippen molar-refractivity contribution in [2.24, 2.45) is 0 Å². The van der Waals surface area contributed by atoms with Gasteiger partial charge in [-0.15, -0.1) is 0 Å². The van der Waals surface area contributed by atoms with Gasteiger partial charge in [0.05, 0.1) is 12.2 Å². The number of amides is 2. The maximum absolute atomic E-state index is 12.7. The summed E-state index contributed by atoms with van der Waals surface area (Å²) in [6.45, 7) is 11.8. The zero-order valence-corrected chi connectivity index (χ0v) is 20.4. The van der Waals surface area contributed by atoms with Crippen LogP contribution in [-0.2, 0) is 16.1 Å². The minimum Gasteiger partial charge on any atom is -0.369 e. The van der Waals surface area contributed by atoms with Crippen LogP contribution in [0.25, 0.3) is 0 Å². The first-order chi connectivity index (χ1) is 15.8. The molecule has 8 nitrogen and oxygen atoms in total. The van der Waals surface area contributed by atoms with Gasteiger partial charge in [-0.1, -0.05) is 17.7 Å². The minimum absolute atomic E-state index is 0.0298. The second kappa shape index (κ2) is 10.1. The van der Waals surface area contributed by atoms with Crippen molar-refractivity contribution < 1.29 is 9.59 Å². The van der Waals surface area contributed by atoms with Crippen LogP contribution < -0.4 is 15.1 Å². The smallest absolute Gasteiger partial charge is 0.242 e. The highest BCUT2D eigenvalue weighted by molar-refractivity contribution is 6.30. The average molecular weight is 473 g/mol. The molecule has 9 heteroatoms. The lowest BCUT2D eigenvalue weighted by atomic mass is 10.1. The Morgan fingerprint density at radius 2 is 1.91 bits per heavy atom. The van der Waals surface area contributed by atoms with E-state index in [0.29, 0.717) is 25.3 Å². The molecule has 2 aliphatic rings. The number of carbonyl (C=O) groups excluding carboxylic acids is 2. The lowest BCUT2D eigenvalue weighted by Crippen LogP contribution is -2.51. The van der Waals surface area contributed by atoms with Crippen molar-refractivity contribution in [1.82, 2.24) is 20.0 Å². The van der Waals surface area contributed by atoms with Gasteiger partial charge in [0.2, 0.25) is 11.8 Å². The number of hydrogen-bond donors (Lipinski definition) is 1. The van der Waals surface area contributed by atoms with Crippen LogP contribution in [0, 0.1) is 13.8 Å². The molecule has 1 N–H and O–H groups in total. The van der Waals surface area contributed by atoms with E-state index in [1.807, 2.05) is 29.8 Å². The third-order valence-corrected chi connectivity index (χ3v) is 6.77. The number of nitrogens with zero attached hydrogens (tertiary/aromatic N) is 5. The number of benzene rings is 1. The van der Waals surface area contributed by atoms with Crippen LogP contribution in [-0.4, -0.2) is 71.8 Å². The first kappa shape index (κ1) is 23.6. The van der Waals surface area contributed by atoms with Crippen LogP contribution in [0.15, 0.2) is 24.3 Å². The molecule has 1 saturated heterocycles. The Bertz CT molecular complexity index is 1010. The molecule has 0 radical (unpaired) electrons. The van der Waals surface area contributed by atoms with Gasteiger partial charge in [0.25, 0.3) is 0 Å². The topological polar surface area (TPSA) is 73.7 Å². The molecule has 0 aliphatic carbocycles. The molecule has 33 heavy (non-hydrogen) atoms. The van der Waals surface area contributed by atoms with Gasteiger partial charge in [0.1, 0.15) is 11.9 Å². The van der Waals surface area contributed by atoms with Crippen LogP contribution in [0.2, 0.25) is 5.02 Å². The van der Waals surface area contributed by atoms with Crippen LogP contribution in [0.5, 0.6) is 0 Å². The quantitative estimate of drug-likeness (QED) is 0.627. The fourth-order valence-electron chi connectivity index (χ4n) is 4.67. The second-order valence-corrected chi connectivity index (χ2v) is 9.40. The summed E-state index contributed by atoms with van der Waals surface area (Å²) >= 11 is 6.18. The van der Waals surface area contributed by atoms with Gasteiger partial charge in [-0.2, -0.15) is 5.10 Å². The molecular weight excluding hydrogens is 440 g/mol. The van der Waals surface area contributed by atoms with Crippen molar-refractivity contribution in [3.8, 4) is 0 Å². The van der Waals surface area contributed by atoms with Crippen LogP contribution in [0.4, 0.5) is 11.5 Å². The highest BCUT2D eigenvalue weighted by Gasteiger charge is 2.33. The van der Waals surface area contributed by atoms with E-state index >= 15 is 0 Å². The monoisotopic (exact) mass is 472 g/mol. The lowest BCUT2D eigenvalue weighted by Gasteiger charge is -2.37. The molecule has 1 aromatic heterocycles. The van der Waals surface area contributed by atoms with Gasteiger partial charge < -0.3 is 10.2 Å². The number of hydrogen-bond acceptors (Lipinski definition) is 5. The maximum atomic E-state index is 12.7. The molecule has 1 aromatic carbocycles. The first-order valence-corrected chi connectivity index (χ1v) is 12.1. The average Bonchev–Trinajstić information content (AvgIpc) is 3.18. The third-order valence-electron chi connectivity index (χ3n) is 6.54. The molecule has 1 fully saturated rings. The Morgan fingerprint density at radius 1 is 1.15 bits per heavy atom. The number of fused-ring (bicyclic) bond motifs is 1. The third kappa shape index (κ3) is 5.33. The molecule has 0 bridgehead atoms. The van der Waals surface area contributed by atoms with Crippen molar-refractivity contribution in [1.29, 1.82) is 0 Å². The molecule has 0 saturated carbocycles. The summed E-state index contributed by atoms with van der Waals surface area (Å²) in [7, 11) is 0. The Hall–Kier alpha value is -2.58. The number of aryl methyl sites for hydroxylation is 3. The summed E-state index contributed by atoms with van der Waals surface area (Å²) in [6, 6.07) is 7.36. The van der Waals surface area contributed by atoms with E-state index in [2.05, 4.69) is 33.2 Å². The van der Waals surface area contributed by atoms with Gasteiger partial charge in [-0.25, -0.2) is 4.68 Å². The normalized spacial score (nSPS) is 17.8. The minimum atomic E-state index is -0.558. The van der Waals surface area contributed by atoms with Crippen molar-refractivity contribution in [2.45, 2.75) is 46.2 Å². The summed E-state index contributed by atoms with van der Waals surface area (Å²) in [5.41, 5.74) is 3.31. The molecule has 178 valence electrons. The SMILES string of the molecule is Cc1cc2n(n1)CCC(=O)N2C(C)C(=O)NCCCN1CCN(c2cc(Cl)ccc2C)CC1. The second-order valence-electron chi connectivity index (χ2n) is 8.96. The summed E-state index contributed by atoms with van der Waals surface area (Å²) in [5, 5.41) is 8.20. The predicted molar refractivity (Wildman–Crippen MR) is 131 cm³/mol. The van der Waals surface area contributed by atoms with Gasteiger partial charge >= 0.3 is 0 Å². The van der Waals surface area contributed by atoms with Crippen molar-refractivity contribution in [2.75, 3.05) is 49.1 Å². The molecule has 2 aliphatic heterocycles. The van der Waals surface area contributed by atoms with Crippen molar-refractivity contribution in [3.05, 3.63) is 40.5 Å². The zero-order chi connectivity index (χ0) is 23.5. The molecule has 1 unspecified atom stereocenters. The molecular formula is C24H33ClN6O2. The Labute approximate surface area is 200 Å². The lowest BCUT2D eigenvalue weighted by molar-refractivity contribution is -0.126. The summed E-state index contributed by atoms with van der Waals surface area (Å²) in [4.78, 5) is 31.7.